The van der Waals surface area contributed by atoms with E-state index >= 15 is 0 Å². The maximum Gasteiger partial charge on any atom is 0.244 e. The molecule has 3 aromatic rings. The lowest BCUT2D eigenvalue weighted by molar-refractivity contribution is 0.353. The molecular weight excluding hydrogens is 472 g/mol. The molecule has 152 valence electrons. The van der Waals surface area contributed by atoms with Crippen LogP contribution in [0.15, 0.2) is 52.3 Å². The van der Waals surface area contributed by atoms with Crippen LogP contribution < -0.4 is 19.9 Å². The topological polar surface area (TPSA) is 106 Å². The van der Waals surface area contributed by atoms with Gasteiger partial charge in [0.05, 0.1) is 31.4 Å². The van der Waals surface area contributed by atoms with E-state index in [9.17, 15) is 5.26 Å². The third kappa shape index (κ3) is 3.16. The predicted octanol–water partition coefficient (Wildman–Crippen LogP) is 4.73. The zero-order valence-electron chi connectivity index (χ0n) is 16.0. The highest BCUT2D eigenvalue weighted by molar-refractivity contribution is 9.10. The molecule has 4 rings (SSSR count). The average Bonchev–Trinajstić information content (AvgIpc) is 3.16. The molecule has 0 bridgehead atoms. The quantitative estimate of drug-likeness (QED) is 0.551. The first-order chi connectivity index (χ1) is 14.5. The number of rotatable bonds is 4. The van der Waals surface area contributed by atoms with Gasteiger partial charge in [-0.2, -0.15) is 5.26 Å². The van der Waals surface area contributed by atoms with E-state index in [2.05, 4.69) is 32.2 Å². The Morgan fingerprint density at radius 2 is 1.93 bits per heavy atom. The number of methoxy groups -OCH3 is 2. The summed E-state index contributed by atoms with van der Waals surface area (Å²) in [4.78, 5) is 0. The lowest BCUT2D eigenvalue weighted by atomic mass is 9.83. The molecule has 0 fully saturated rings. The summed E-state index contributed by atoms with van der Waals surface area (Å²) >= 11 is 10.0. The average molecular weight is 488 g/mol. The predicted molar refractivity (Wildman–Crippen MR) is 116 cm³/mol. The molecule has 0 saturated heterocycles. The zero-order valence-corrected chi connectivity index (χ0v) is 18.3. The first kappa shape index (κ1) is 20.1. The van der Waals surface area contributed by atoms with Crippen molar-refractivity contribution in [1.29, 1.82) is 5.26 Å². The molecule has 1 aromatic heterocycles. The number of benzene rings is 2. The summed E-state index contributed by atoms with van der Waals surface area (Å²) in [5.41, 5.74) is 9.10. The lowest BCUT2D eigenvalue weighted by Gasteiger charge is -2.25. The van der Waals surface area contributed by atoms with Crippen LogP contribution >= 0.6 is 27.5 Å². The summed E-state index contributed by atoms with van der Waals surface area (Å²) in [6, 6.07) is 13.1. The van der Waals surface area contributed by atoms with E-state index in [1.165, 1.54) is 0 Å². The molecule has 0 spiro atoms. The number of aromatic amines is 1. The monoisotopic (exact) mass is 486 g/mol. The highest BCUT2D eigenvalue weighted by atomic mass is 79.9. The number of nitrogens with one attached hydrogen (secondary N) is 1. The van der Waals surface area contributed by atoms with E-state index < -0.39 is 5.92 Å². The number of hydrogen-bond donors (Lipinski definition) is 2. The number of allylic oxidation sites excluding steroid dienone is 1. The smallest absolute Gasteiger partial charge is 0.244 e. The second-order valence-corrected chi connectivity index (χ2v) is 7.71. The third-order valence-corrected chi connectivity index (χ3v) is 5.91. The van der Waals surface area contributed by atoms with Gasteiger partial charge in [0, 0.05) is 15.1 Å². The highest BCUT2D eigenvalue weighted by Crippen LogP contribution is 2.49. The van der Waals surface area contributed by atoms with E-state index in [1.54, 1.807) is 32.4 Å². The maximum absolute atomic E-state index is 9.89. The van der Waals surface area contributed by atoms with Gasteiger partial charge in [-0.1, -0.05) is 45.7 Å². The van der Waals surface area contributed by atoms with Crippen LogP contribution in [0.1, 0.15) is 17.0 Å². The van der Waals surface area contributed by atoms with E-state index in [4.69, 9.17) is 31.5 Å². The molecule has 3 N–H and O–H groups in total. The summed E-state index contributed by atoms with van der Waals surface area (Å²) in [6.07, 6.45) is 0. The molecule has 0 saturated carbocycles. The molecule has 0 radical (unpaired) electrons. The summed E-state index contributed by atoms with van der Waals surface area (Å²) in [6.45, 7) is 0. The van der Waals surface area contributed by atoms with Crippen LogP contribution in [0.25, 0.3) is 11.3 Å². The van der Waals surface area contributed by atoms with Crippen molar-refractivity contribution >= 4 is 27.5 Å². The van der Waals surface area contributed by atoms with Gasteiger partial charge in [-0.15, -0.1) is 5.10 Å². The first-order valence-corrected chi connectivity index (χ1v) is 9.99. The minimum Gasteiger partial charge on any atom is -0.493 e. The highest BCUT2D eigenvalue weighted by Gasteiger charge is 2.37. The fourth-order valence-corrected chi connectivity index (χ4v) is 4.30. The normalized spacial score (nSPS) is 15.2. The molecule has 0 amide bonds. The van der Waals surface area contributed by atoms with Crippen molar-refractivity contribution in [2.75, 3.05) is 14.2 Å². The van der Waals surface area contributed by atoms with Crippen LogP contribution in [0.5, 0.6) is 17.4 Å². The number of fused-ring (bicyclic) bond motifs is 1. The molecule has 1 aliphatic rings. The van der Waals surface area contributed by atoms with E-state index in [0.29, 0.717) is 32.3 Å². The molecule has 1 atom stereocenters. The van der Waals surface area contributed by atoms with Crippen molar-refractivity contribution in [2.24, 2.45) is 5.73 Å². The largest absolute Gasteiger partial charge is 0.493 e. The Balaban J connectivity index is 2.01. The van der Waals surface area contributed by atoms with Crippen molar-refractivity contribution in [3.8, 4) is 34.7 Å². The summed E-state index contributed by atoms with van der Waals surface area (Å²) in [5.74, 6) is 0.775. The molecule has 2 heterocycles. The van der Waals surface area contributed by atoms with Crippen molar-refractivity contribution in [2.45, 2.75) is 5.92 Å². The number of nitriles is 1. The summed E-state index contributed by atoms with van der Waals surface area (Å²) < 4.78 is 17.2. The van der Waals surface area contributed by atoms with Gasteiger partial charge >= 0.3 is 0 Å². The maximum atomic E-state index is 9.89. The Morgan fingerprint density at radius 1 is 1.23 bits per heavy atom. The van der Waals surface area contributed by atoms with Crippen LogP contribution in [0.4, 0.5) is 0 Å². The fourth-order valence-electron chi connectivity index (χ4n) is 3.52. The second-order valence-electron chi connectivity index (χ2n) is 6.45. The minimum atomic E-state index is -0.571. The Bertz CT molecular complexity index is 1220. The zero-order chi connectivity index (χ0) is 21.4. The molecular formula is C21H16BrClN4O3. The number of halogens is 2. The molecule has 0 aliphatic carbocycles. The lowest BCUT2D eigenvalue weighted by Crippen LogP contribution is -2.21. The number of aromatic nitrogens is 2. The van der Waals surface area contributed by atoms with Gasteiger partial charge in [0.2, 0.25) is 11.8 Å². The van der Waals surface area contributed by atoms with Crippen molar-refractivity contribution in [1.82, 2.24) is 10.2 Å². The summed E-state index contributed by atoms with van der Waals surface area (Å²) in [7, 11) is 3.11. The van der Waals surface area contributed by atoms with Gasteiger partial charge in [-0.3, -0.25) is 5.10 Å². The Labute approximate surface area is 186 Å². The van der Waals surface area contributed by atoms with Gasteiger partial charge in [0.25, 0.3) is 0 Å². The second kappa shape index (κ2) is 7.94. The van der Waals surface area contributed by atoms with Crippen molar-refractivity contribution in [3.05, 3.63) is 68.5 Å². The van der Waals surface area contributed by atoms with E-state index in [1.807, 2.05) is 18.2 Å². The minimum absolute atomic E-state index is 0.00565. The Morgan fingerprint density at radius 3 is 2.60 bits per heavy atom. The standard InChI is InChI=1S/C21H16BrClN4O3/c1-28-15-7-11(13(22)8-16(15)29-2)17-12(9-24)20(25)30-21-18(17)19(26-27-21)10-5-3-4-6-14(10)23/h3-8,17H,25H2,1-2H3,(H,26,27). The number of ether oxygens (including phenoxy) is 3. The molecule has 7 nitrogen and oxygen atoms in total. The van der Waals surface area contributed by atoms with Gasteiger partial charge in [-0.25, -0.2) is 0 Å². The molecule has 2 aromatic carbocycles. The van der Waals surface area contributed by atoms with E-state index in [0.717, 1.165) is 11.1 Å². The number of nitrogens with zero attached hydrogens (tertiary/aromatic N) is 2. The SMILES string of the molecule is COc1cc(Br)c(C2C(C#N)=C(N)Oc3n[nH]c(-c4ccccc4Cl)c32)cc1OC. The van der Waals surface area contributed by atoms with Gasteiger partial charge in [0.15, 0.2) is 11.5 Å². The van der Waals surface area contributed by atoms with Crippen LogP contribution in [0, 0.1) is 11.3 Å². The molecule has 1 aliphatic heterocycles. The third-order valence-electron chi connectivity index (χ3n) is 4.90. The van der Waals surface area contributed by atoms with Crippen molar-refractivity contribution in [3.63, 3.8) is 0 Å². The summed E-state index contributed by atoms with van der Waals surface area (Å²) in [5, 5.41) is 17.7. The Kier molecular flexibility index (Phi) is 5.33. The van der Waals surface area contributed by atoms with Gasteiger partial charge < -0.3 is 19.9 Å². The van der Waals surface area contributed by atoms with Crippen LogP contribution in [-0.2, 0) is 0 Å². The fraction of sp³-hybridized carbons (Fsp3) is 0.143. The van der Waals surface area contributed by atoms with Gasteiger partial charge in [-0.05, 0) is 23.8 Å². The van der Waals surface area contributed by atoms with Crippen LogP contribution in [0.2, 0.25) is 5.02 Å². The van der Waals surface area contributed by atoms with Crippen molar-refractivity contribution < 1.29 is 14.2 Å². The Hall–Kier alpha value is -3.15. The molecule has 9 heteroatoms. The number of nitrogens with two attached hydrogens (primary N) is 1. The molecule has 1 unspecified atom stereocenters. The van der Waals surface area contributed by atoms with Gasteiger partial charge in [0.1, 0.15) is 11.6 Å². The van der Waals surface area contributed by atoms with Crippen LogP contribution in [-0.4, -0.2) is 24.4 Å². The number of H-pyrrole nitrogens is 1. The van der Waals surface area contributed by atoms with Crippen LogP contribution in [0.3, 0.4) is 0 Å². The van der Waals surface area contributed by atoms with E-state index in [-0.39, 0.29) is 17.3 Å². The molecule has 30 heavy (non-hydrogen) atoms. The first-order valence-electron chi connectivity index (χ1n) is 8.82. The number of hydrogen-bond acceptors (Lipinski definition) is 6.